The van der Waals surface area contributed by atoms with Crippen molar-refractivity contribution in [3.63, 3.8) is 0 Å². The molecular formula is C11H18O. The molecule has 1 heteroatoms. The van der Waals surface area contributed by atoms with Gasteiger partial charge in [-0.3, -0.25) is 0 Å². The Balaban J connectivity index is 4.22. The standard InChI is InChI=1S/C11H18O/c1-4-7-9-10(6-3)11(12)8-5-2/h4,6-7,9,11-12H,3,5,8H2,1-2H3/b7-4-,10-9+. The zero-order valence-corrected chi connectivity index (χ0v) is 7.96. The van der Waals surface area contributed by atoms with Crippen molar-refractivity contribution in [3.8, 4) is 0 Å². The molecule has 0 aromatic rings. The van der Waals surface area contributed by atoms with Crippen LogP contribution < -0.4 is 0 Å². The zero-order chi connectivity index (χ0) is 9.40. The maximum atomic E-state index is 9.56. The number of hydrogen-bond acceptors (Lipinski definition) is 1. The summed E-state index contributed by atoms with van der Waals surface area (Å²) in [6.07, 6.45) is 8.88. The molecule has 0 saturated heterocycles. The Hall–Kier alpha value is -0.820. The molecule has 0 bridgehead atoms. The van der Waals surface area contributed by atoms with E-state index in [4.69, 9.17) is 0 Å². The molecule has 1 atom stereocenters. The van der Waals surface area contributed by atoms with Crippen molar-refractivity contribution in [1.82, 2.24) is 0 Å². The van der Waals surface area contributed by atoms with E-state index in [9.17, 15) is 5.11 Å². The van der Waals surface area contributed by atoms with Gasteiger partial charge < -0.3 is 5.11 Å². The minimum atomic E-state index is -0.358. The molecule has 0 spiro atoms. The molecule has 0 heterocycles. The van der Waals surface area contributed by atoms with Crippen LogP contribution in [-0.4, -0.2) is 11.2 Å². The Morgan fingerprint density at radius 1 is 1.58 bits per heavy atom. The van der Waals surface area contributed by atoms with Crippen molar-refractivity contribution < 1.29 is 5.11 Å². The molecule has 0 aliphatic carbocycles. The van der Waals surface area contributed by atoms with Crippen LogP contribution in [0, 0.1) is 0 Å². The van der Waals surface area contributed by atoms with Gasteiger partial charge in [0.15, 0.2) is 0 Å². The highest BCUT2D eigenvalue weighted by Gasteiger charge is 2.04. The lowest BCUT2D eigenvalue weighted by molar-refractivity contribution is 0.203. The van der Waals surface area contributed by atoms with Gasteiger partial charge in [0.05, 0.1) is 6.10 Å². The zero-order valence-electron chi connectivity index (χ0n) is 7.96. The van der Waals surface area contributed by atoms with Crippen LogP contribution in [0.1, 0.15) is 26.7 Å². The number of rotatable bonds is 5. The van der Waals surface area contributed by atoms with Gasteiger partial charge in [-0.25, -0.2) is 0 Å². The number of aliphatic hydroxyl groups excluding tert-OH is 1. The van der Waals surface area contributed by atoms with E-state index in [2.05, 4.69) is 13.5 Å². The van der Waals surface area contributed by atoms with E-state index >= 15 is 0 Å². The molecule has 68 valence electrons. The Labute approximate surface area is 75.1 Å². The van der Waals surface area contributed by atoms with Gasteiger partial charge in [0.2, 0.25) is 0 Å². The fourth-order valence-electron chi connectivity index (χ4n) is 0.963. The fourth-order valence-corrected chi connectivity index (χ4v) is 0.963. The maximum Gasteiger partial charge on any atom is 0.0789 e. The van der Waals surface area contributed by atoms with Crippen molar-refractivity contribution in [3.05, 3.63) is 36.5 Å². The molecule has 0 aromatic carbocycles. The summed E-state index contributed by atoms with van der Waals surface area (Å²) in [6.45, 7) is 7.66. The molecule has 1 unspecified atom stereocenters. The minimum Gasteiger partial charge on any atom is -0.388 e. The fraction of sp³-hybridized carbons (Fsp3) is 0.455. The van der Waals surface area contributed by atoms with Gasteiger partial charge >= 0.3 is 0 Å². The average molecular weight is 166 g/mol. The quantitative estimate of drug-likeness (QED) is 0.623. The second kappa shape index (κ2) is 6.86. The highest BCUT2D eigenvalue weighted by atomic mass is 16.3. The van der Waals surface area contributed by atoms with Gasteiger partial charge in [0.1, 0.15) is 0 Å². The highest BCUT2D eigenvalue weighted by Crippen LogP contribution is 2.09. The predicted octanol–water partition coefficient (Wildman–Crippen LogP) is 2.84. The molecule has 0 aliphatic rings. The van der Waals surface area contributed by atoms with Gasteiger partial charge in [-0.1, -0.05) is 44.2 Å². The maximum absolute atomic E-state index is 9.56. The van der Waals surface area contributed by atoms with Crippen molar-refractivity contribution in [2.45, 2.75) is 32.8 Å². The van der Waals surface area contributed by atoms with E-state index < -0.39 is 0 Å². The van der Waals surface area contributed by atoms with Crippen LogP contribution in [0.15, 0.2) is 36.5 Å². The first-order chi connectivity index (χ1) is 5.76. The van der Waals surface area contributed by atoms with Gasteiger partial charge in [-0.05, 0) is 18.9 Å². The lowest BCUT2D eigenvalue weighted by atomic mass is 10.1. The summed E-state index contributed by atoms with van der Waals surface area (Å²) in [4.78, 5) is 0. The minimum absolute atomic E-state index is 0.358. The van der Waals surface area contributed by atoms with Gasteiger partial charge in [-0.2, -0.15) is 0 Å². The van der Waals surface area contributed by atoms with Crippen LogP contribution in [0.5, 0.6) is 0 Å². The van der Waals surface area contributed by atoms with E-state index in [-0.39, 0.29) is 6.10 Å². The lowest BCUT2D eigenvalue weighted by Crippen LogP contribution is -2.07. The summed E-state index contributed by atoms with van der Waals surface area (Å²) in [5.74, 6) is 0. The third kappa shape index (κ3) is 4.14. The number of aliphatic hydroxyl groups is 1. The molecule has 0 aromatic heterocycles. The van der Waals surface area contributed by atoms with E-state index in [0.717, 1.165) is 18.4 Å². The van der Waals surface area contributed by atoms with Crippen LogP contribution in [0.4, 0.5) is 0 Å². The largest absolute Gasteiger partial charge is 0.388 e. The number of hydrogen-bond donors (Lipinski definition) is 1. The molecule has 0 saturated carbocycles. The monoisotopic (exact) mass is 166 g/mol. The van der Waals surface area contributed by atoms with Crippen molar-refractivity contribution in [2.75, 3.05) is 0 Å². The second-order valence-corrected chi connectivity index (χ2v) is 2.70. The molecule has 1 nitrogen and oxygen atoms in total. The summed E-state index contributed by atoms with van der Waals surface area (Å²) in [5.41, 5.74) is 0.898. The molecule has 12 heavy (non-hydrogen) atoms. The number of allylic oxidation sites excluding steroid dienone is 3. The van der Waals surface area contributed by atoms with E-state index in [1.54, 1.807) is 6.08 Å². The van der Waals surface area contributed by atoms with E-state index in [1.807, 2.05) is 25.2 Å². The third-order valence-electron chi connectivity index (χ3n) is 1.66. The smallest absolute Gasteiger partial charge is 0.0789 e. The molecule has 1 N–H and O–H groups in total. The summed E-state index contributed by atoms with van der Waals surface area (Å²) in [7, 11) is 0. The van der Waals surface area contributed by atoms with Crippen molar-refractivity contribution in [1.29, 1.82) is 0 Å². The Morgan fingerprint density at radius 2 is 2.25 bits per heavy atom. The summed E-state index contributed by atoms with van der Waals surface area (Å²) < 4.78 is 0. The summed E-state index contributed by atoms with van der Waals surface area (Å²) >= 11 is 0. The first-order valence-electron chi connectivity index (χ1n) is 4.39. The average Bonchev–Trinajstić information content (AvgIpc) is 2.06. The summed E-state index contributed by atoms with van der Waals surface area (Å²) in [5, 5.41) is 9.56. The van der Waals surface area contributed by atoms with Crippen molar-refractivity contribution in [2.24, 2.45) is 0 Å². The topological polar surface area (TPSA) is 20.2 Å². The molecule has 0 radical (unpaired) electrons. The van der Waals surface area contributed by atoms with Crippen molar-refractivity contribution >= 4 is 0 Å². The van der Waals surface area contributed by atoms with Crippen LogP contribution in [0.2, 0.25) is 0 Å². The van der Waals surface area contributed by atoms with Crippen LogP contribution in [0.25, 0.3) is 0 Å². The first-order valence-corrected chi connectivity index (χ1v) is 4.39. The molecule has 0 fully saturated rings. The van der Waals surface area contributed by atoms with Crippen LogP contribution in [0.3, 0.4) is 0 Å². The Bertz CT molecular complexity index is 177. The summed E-state index contributed by atoms with van der Waals surface area (Å²) in [6, 6.07) is 0. The Morgan fingerprint density at radius 3 is 2.67 bits per heavy atom. The molecule has 0 rings (SSSR count). The molecule has 0 aliphatic heterocycles. The van der Waals surface area contributed by atoms with E-state index in [0.29, 0.717) is 0 Å². The third-order valence-corrected chi connectivity index (χ3v) is 1.66. The van der Waals surface area contributed by atoms with Gasteiger partial charge in [0, 0.05) is 0 Å². The predicted molar refractivity (Wildman–Crippen MR) is 54.0 cm³/mol. The Kier molecular flexibility index (Phi) is 6.39. The lowest BCUT2D eigenvalue weighted by Gasteiger charge is -2.08. The SMILES string of the molecule is C=C/C(=C\C=C/C)C(O)CCC. The highest BCUT2D eigenvalue weighted by molar-refractivity contribution is 5.25. The second-order valence-electron chi connectivity index (χ2n) is 2.70. The first kappa shape index (κ1) is 11.2. The normalized spacial score (nSPS) is 15.1. The molecular weight excluding hydrogens is 148 g/mol. The van der Waals surface area contributed by atoms with Crippen LogP contribution in [-0.2, 0) is 0 Å². The molecule has 0 amide bonds. The van der Waals surface area contributed by atoms with Gasteiger partial charge in [-0.15, -0.1) is 0 Å². The van der Waals surface area contributed by atoms with E-state index in [1.165, 1.54) is 0 Å². The van der Waals surface area contributed by atoms with Gasteiger partial charge in [0.25, 0.3) is 0 Å². The van der Waals surface area contributed by atoms with Crippen LogP contribution >= 0.6 is 0 Å².